The second-order valence-corrected chi connectivity index (χ2v) is 4.95. The molecule has 1 aromatic carbocycles. The first-order chi connectivity index (χ1) is 10.6. The van der Waals surface area contributed by atoms with Gasteiger partial charge in [0.1, 0.15) is 0 Å². The molecule has 2 rings (SSSR count). The molecule has 112 valence electrons. The van der Waals surface area contributed by atoms with Gasteiger partial charge in [0.25, 0.3) is 11.8 Å². The Bertz CT molecular complexity index is 716. The number of rotatable bonds is 4. The Hall–Kier alpha value is -2.58. The molecule has 0 saturated heterocycles. The zero-order valence-electron chi connectivity index (χ0n) is 11.2. The third-order valence-electron chi connectivity index (χ3n) is 2.63. The van der Waals surface area contributed by atoms with Crippen LogP contribution in [0.4, 0.5) is 0 Å². The number of aromatic nitrogens is 1. The fraction of sp³-hybridized carbons (Fsp3) is 0. The van der Waals surface area contributed by atoms with Crippen LogP contribution in [0.2, 0.25) is 0 Å². The maximum Gasteiger partial charge on any atom is 0.276 e. The number of carbonyl (C=O) groups is 2. The van der Waals surface area contributed by atoms with E-state index in [2.05, 4.69) is 31.4 Å². The molecule has 7 nitrogen and oxygen atoms in total. The maximum absolute atomic E-state index is 11.9. The van der Waals surface area contributed by atoms with E-state index in [1.54, 1.807) is 24.3 Å². The first kappa shape index (κ1) is 15.8. The van der Waals surface area contributed by atoms with Crippen LogP contribution in [0.3, 0.4) is 0 Å². The average Bonchev–Trinajstić information content (AvgIpc) is 2.55. The summed E-state index contributed by atoms with van der Waals surface area (Å²) in [5, 5.41) is 12.3. The minimum atomic E-state index is -0.654. The summed E-state index contributed by atoms with van der Waals surface area (Å²) in [5.41, 5.74) is 5.00. The van der Waals surface area contributed by atoms with Crippen LogP contribution in [0.25, 0.3) is 0 Å². The molecular weight excluding hydrogens is 352 g/mol. The fourth-order valence-corrected chi connectivity index (χ4v) is 2.01. The van der Waals surface area contributed by atoms with Crippen molar-refractivity contribution in [2.75, 3.05) is 0 Å². The highest BCUT2D eigenvalue weighted by molar-refractivity contribution is 9.10. The summed E-state index contributed by atoms with van der Waals surface area (Å²) in [6.45, 7) is 0. The fourth-order valence-electron chi connectivity index (χ4n) is 1.54. The first-order valence-electron chi connectivity index (χ1n) is 6.10. The molecule has 0 saturated carbocycles. The van der Waals surface area contributed by atoms with Crippen LogP contribution in [0, 0.1) is 0 Å². The number of amides is 2. The van der Waals surface area contributed by atoms with Crippen molar-refractivity contribution in [2.24, 2.45) is 5.10 Å². The van der Waals surface area contributed by atoms with Crippen LogP contribution in [-0.2, 0) is 0 Å². The largest absolute Gasteiger partial charge is 0.288 e. The van der Waals surface area contributed by atoms with Crippen molar-refractivity contribution in [3.05, 3.63) is 63.9 Å². The number of nitrogens with one attached hydrogen (secondary N) is 2. The summed E-state index contributed by atoms with van der Waals surface area (Å²) in [5.74, 6) is -1.02. The Balaban J connectivity index is 1.99. The third-order valence-corrected chi connectivity index (χ3v) is 3.32. The Morgan fingerprint density at radius 1 is 1.18 bits per heavy atom. The number of carbonyl (C=O) groups excluding carboxylic acids is 2. The Morgan fingerprint density at radius 3 is 2.59 bits per heavy atom. The molecule has 0 atom stereocenters. The number of pyridine rings is 1. The van der Waals surface area contributed by atoms with E-state index in [0.29, 0.717) is 15.7 Å². The summed E-state index contributed by atoms with van der Waals surface area (Å²) >= 11 is 3.28. The number of hydrogen-bond acceptors (Lipinski definition) is 5. The maximum atomic E-state index is 11.9. The van der Waals surface area contributed by atoms with Gasteiger partial charge in [0, 0.05) is 10.7 Å². The van der Waals surface area contributed by atoms with Crippen LogP contribution < -0.4 is 10.9 Å². The topological polar surface area (TPSA) is 104 Å². The molecule has 3 N–H and O–H groups in total. The van der Waals surface area contributed by atoms with Crippen LogP contribution >= 0.6 is 15.9 Å². The highest BCUT2D eigenvalue weighted by Gasteiger charge is 2.07. The van der Waals surface area contributed by atoms with Gasteiger partial charge in [-0.1, -0.05) is 12.1 Å². The molecule has 0 radical (unpaired) electrons. The van der Waals surface area contributed by atoms with Gasteiger partial charge in [-0.15, -0.1) is 0 Å². The van der Waals surface area contributed by atoms with E-state index in [1.807, 2.05) is 0 Å². The van der Waals surface area contributed by atoms with E-state index in [4.69, 9.17) is 5.21 Å². The Kier molecular flexibility index (Phi) is 5.34. The Labute approximate surface area is 134 Å². The zero-order chi connectivity index (χ0) is 15.9. The lowest BCUT2D eigenvalue weighted by molar-refractivity contribution is 0.0706. The molecule has 1 aromatic heterocycles. The van der Waals surface area contributed by atoms with Gasteiger partial charge < -0.3 is 0 Å². The lowest BCUT2D eigenvalue weighted by atomic mass is 10.2. The average molecular weight is 363 g/mol. The number of halogens is 1. The molecule has 0 spiro atoms. The summed E-state index contributed by atoms with van der Waals surface area (Å²) in [7, 11) is 0. The monoisotopic (exact) mass is 362 g/mol. The molecule has 0 bridgehead atoms. The van der Waals surface area contributed by atoms with Crippen molar-refractivity contribution >= 4 is 34.0 Å². The van der Waals surface area contributed by atoms with Gasteiger partial charge in [0.15, 0.2) is 0 Å². The molecule has 1 heterocycles. The van der Waals surface area contributed by atoms with Gasteiger partial charge in [0.05, 0.1) is 23.0 Å². The van der Waals surface area contributed by atoms with E-state index >= 15 is 0 Å². The van der Waals surface area contributed by atoms with Crippen molar-refractivity contribution in [2.45, 2.75) is 0 Å². The van der Waals surface area contributed by atoms with Crippen molar-refractivity contribution in [1.82, 2.24) is 15.9 Å². The molecular formula is C14H11BrN4O3. The molecule has 0 fully saturated rings. The second kappa shape index (κ2) is 7.43. The second-order valence-electron chi connectivity index (χ2n) is 4.09. The van der Waals surface area contributed by atoms with Gasteiger partial charge in [-0.3, -0.25) is 19.8 Å². The van der Waals surface area contributed by atoms with E-state index < -0.39 is 5.91 Å². The molecule has 2 aromatic rings. The number of benzene rings is 1. The summed E-state index contributed by atoms with van der Waals surface area (Å²) < 4.78 is 0.667. The summed E-state index contributed by atoms with van der Waals surface area (Å²) in [6, 6.07) is 9.96. The zero-order valence-corrected chi connectivity index (χ0v) is 12.7. The van der Waals surface area contributed by atoms with Crippen molar-refractivity contribution < 1.29 is 14.8 Å². The number of hydroxylamine groups is 1. The molecule has 22 heavy (non-hydrogen) atoms. The van der Waals surface area contributed by atoms with Gasteiger partial charge >= 0.3 is 0 Å². The first-order valence-corrected chi connectivity index (χ1v) is 6.89. The van der Waals surface area contributed by atoms with Crippen molar-refractivity contribution in [3.8, 4) is 0 Å². The number of hydrazone groups is 1. The van der Waals surface area contributed by atoms with Crippen LogP contribution in [0.1, 0.15) is 26.4 Å². The minimum Gasteiger partial charge on any atom is -0.288 e. The van der Waals surface area contributed by atoms with E-state index in [9.17, 15) is 9.59 Å². The molecule has 0 unspecified atom stereocenters. The smallest absolute Gasteiger partial charge is 0.276 e. The van der Waals surface area contributed by atoms with E-state index in [1.165, 1.54) is 30.0 Å². The third kappa shape index (κ3) is 3.96. The number of nitrogens with zero attached hydrogens (tertiary/aromatic N) is 2. The highest BCUT2D eigenvalue weighted by Crippen LogP contribution is 2.15. The van der Waals surface area contributed by atoms with Crippen LogP contribution in [0.5, 0.6) is 0 Å². The molecule has 0 aliphatic carbocycles. The van der Waals surface area contributed by atoms with Crippen LogP contribution in [-0.4, -0.2) is 28.2 Å². The lowest BCUT2D eigenvalue weighted by Crippen LogP contribution is -2.19. The predicted octanol–water partition coefficient (Wildman–Crippen LogP) is 1.73. The van der Waals surface area contributed by atoms with Gasteiger partial charge in [-0.05, 0) is 40.2 Å². The SMILES string of the molecule is O=C(NO)c1ccc(C=NNC(=O)c2ccccc2Br)nc1. The van der Waals surface area contributed by atoms with Crippen LogP contribution in [0.15, 0.2) is 52.2 Å². The Morgan fingerprint density at radius 2 is 1.95 bits per heavy atom. The summed E-state index contributed by atoms with van der Waals surface area (Å²) in [4.78, 5) is 27.0. The van der Waals surface area contributed by atoms with E-state index in [-0.39, 0.29) is 11.5 Å². The van der Waals surface area contributed by atoms with Gasteiger partial charge in [-0.25, -0.2) is 10.9 Å². The predicted molar refractivity (Wildman–Crippen MR) is 82.7 cm³/mol. The van der Waals surface area contributed by atoms with E-state index in [0.717, 1.165) is 0 Å². The molecule has 8 heteroatoms. The molecule has 0 aliphatic heterocycles. The highest BCUT2D eigenvalue weighted by atomic mass is 79.9. The van der Waals surface area contributed by atoms with Gasteiger partial charge in [0.2, 0.25) is 0 Å². The quantitative estimate of drug-likeness (QED) is 0.437. The van der Waals surface area contributed by atoms with Crippen molar-refractivity contribution in [1.29, 1.82) is 0 Å². The summed E-state index contributed by atoms with van der Waals surface area (Å²) in [6.07, 6.45) is 2.62. The molecule has 0 aliphatic rings. The standard InChI is InChI=1S/C14H11BrN4O3/c15-12-4-2-1-3-11(12)14(21)18-17-8-10-6-5-9(7-16-10)13(20)19-22/h1-8,22H,(H,18,21)(H,19,20). The van der Waals surface area contributed by atoms with Crippen molar-refractivity contribution in [3.63, 3.8) is 0 Å². The normalized spacial score (nSPS) is 10.5. The number of hydrogen-bond donors (Lipinski definition) is 3. The minimum absolute atomic E-state index is 0.205. The lowest BCUT2D eigenvalue weighted by Gasteiger charge is -2.02. The molecule has 2 amide bonds. The van der Waals surface area contributed by atoms with Gasteiger partial charge in [-0.2, -0.15) is 5.10 Å².